The summed E-state index contributed by atoms with van der Waals surface area (Å²) >= 11 is 0. The van der Waals surface area contributed by atoms with Gasteiger partial charge < -0.3 is 5.11 Å². The number of hydrogen-bond acceptors (Lipinski definition) is 3. The lowest BCUT2D eigenvalue weighted by molar-refractivity contribution is 0.124. The predicted octanol–water partition coefficient (Wildman–Crippen LogP) is 0.992. The summed E-state index contributed by atoms with van der Waals surface area (Å²) in [7, 11) is 0. The molecule has 0 aliphatic carbocycles. The molecule has 0 spiro atoms. The number of aliphatic hydroxyl groups is 1. The lowest BCUT2D eigenvalue weighted by Crippen LogP contribution is -2.09. The van der Waals surface area contributed by atoms with Crippen LogP contribution in [0.15, 0.2) is 5.11 Å². The van der Waals surface area contributed by atoms with E-state index in [1.54, 1.807) is 0 Å². The van der Waals surface area contributed by atoms with Crippen molar-refractivity contribution in [2.24, 2.45) is 11.0 Å². The van der Waals surface area contributed by atoms with Crippen LogP contribution in [0.3, 0.4) is 0 Å². The second kappa shape index (κ2) is 2.69. The molecule has 0 aliphatic heterocycles. The molecule has 0 radical (unpaired) electrons. The Hall–Kier alpha value is -0.440. The monoisotopic (exact) mass is 102 g/mol. The minimum Gasteiger partial charge on any atom is -0.370 e. The first-order chi connectivity index (χ1) is 3.18. The molecule has 1 unspecified atom stereocenters. The van der Waals surface area contributed by atoms with Crippen molar-refractivity contribution >= 4 is 0 Å². The zero-order chi connectivity index (χ0) is 5.86. The number of hydrogen-bond donors (Lipinski definition) is 2. The molecule has 0 amide bonds. The summed E-state index contributed by atoms with van der Waals surface area (Å²) in [5, 5.41) is 11.5. The molecule has 0 aromatic rings. The highest BCUT2D eigenvalue weighted by atomic mass is 16.3. The van der Waals surface area contributed by atoms with Crippen LogP contribution in [-0.2, 0) is 0 Å². The van der Waals surface area contributed by atoms with Crippen molar-refractivity contribution in [3.63, 3.8) is 0 Å². The molecule has 0 heterocycles. The minimum absolute atomic E-state index is 0.0671. The maximum atomic E-state index is 8.58. The first-order valence-corrected chi connectivity index (χ1v) is 2.23. The Morgan fingerprint density at radius 2 is 2.00 bits per heavy atom. The molecule has 0 saturated heterocycles. The largest absolute Gasteiger partial charge is 0.370 e. The quantitative estimate of drug-likeness (QED) is 0.502. The molecule has 0 fully saturated rings. The summed E-state index contributed by atoms with van der Waals surface area (Å²) in [4.78, 5) is 0. The van der Waals surface area contributed by atoms with Crippen LogP contribution in [0.5, 0.6) is 0 Å². The number of rotatable bonds is 2. The highest BCUT2D eigenvalue weighted by molar-refractivity contribution is 4.49. The van der Waals surface area contributed by atoms with Gasteiger partial charge in [0.1, 0.15) is 0 Å². The van der Waals surface area contributed by atoms with Gasteiger partial charge in [-0.05, 0) is 0 Å². The van der Waals surface area contributed by atoms with E-state index in [4.69, 9.17) is 10.6 Å². The Morgan fingerprint density at radius 1 is 1.57 bits per heavy atom. The highest BCUT2D eigenvalue weighted by Gasteiger charge is 2.03. The normalized spacial score (nSPS) is 14.3. The molecule has 2 N–H and O–H groups in total. The zero-order valence-electron chi connectivity index (χ0n) is 4.55. The molecule has 0 aromatic carbocycles. The standard InChI is InChI=1S/C4H10N2O/c1-3(2)4(7)6-5/h3-5,7H,1-2H3. The molecule has 1 atom stereocenters. The zero-order valence-corrected chi connectivity index (χ0v) is 4.55. The van der Waals surface area contributed by atoms with Gasteiger partial charge in [0.15, 0.2) is 6.23 Å². The minimum atomic E-state index is -0.806. The van der Waals surface area contributed by atoms with Crippen molar-refractivity contribution in [2.75, 3.05) is 0 Å². The Kier molecular flexibility index (Phi) is 2.52. The van der Waals surface area contributed by atoms with Gasteiger partial charge in [0.05, 0.1) is 0 Å². The summed E-state index contributed by atoms with van der Waals surface area (Å²) in [5.41, 5.74) is 6.31. The van der Waals surface area contributed by atoms with Gasteiger partial charge in [-0.3, -0.25) is 0 Å². The third-order valence-electron chi connectivity index (χ3n) is 0.729. The highest BCUT2D eigenvalue weighted by Crippen LogP contribution is 1.99. The van der Waals surface area contributed by atoms with Crippen molar-refractivity contribution in [2.45, 2.75) is 20.1 Å². The maximum Gasteiger partial charge on any atom is 0.167 e. The first kappa shape index (κ1) is 6.56. The average molecular weight is 102 g/mol. The Balaban J connectivity index is 3.33. The van der Waals surface area contributed by atoms with Crippen molar-refractivity contribution in [1.29, 1.82) is 5.53 Å². The smallest absolute Gasteiger partial charge is 0.167 e. The Bertz CT molecular complexity index is 62.7. The Labute approximate surface area is 42.9 Å². The van der Waals surface area contributed by atoms with E-state index in [-0.39, 0.29) is 5.92 Å². The average Bonchev–Trinajstić information content (AvgIpc) is 1.65. The van der Waals surface area contributed by atoms with Crippen LogP contribution in [0.2, 0.25) is 0 Å². The van der Waals surface area contributed by atoms with Gasteiger partial charge in [0.2, 0.25) is 0 Å². The fourth-order valence-corrected chi connectivity index (χ4v) is 0.149. The summed E-state index contributed by atoms with van der Waals surface area (Å²) in [6.45, 7) is 3.62. The predicted molar refractivity (Wildman–Crippen MR) is 26.0 cm³/mol. The van der Waals surface area contributed by atoms with E-state index in [1.165, 1.54) is 0 Å². The fraction of sp³-hybridized carbons (Fsp3) is 1.00. The van der Waals surface area contributed by atoms with E-state index in [0.29, 0.717) is 0 Å². The molecule has 3 nitrogen and oxygen atoms in total. The van der Waals surface area contributed by atoms with E-state index >= 15 is 0 Å². The van der Waals surface area contributed by atoms with Crippen LogP contribution in [0, 0.1) is 11.4 Å². The van der Waals surface area contributed by atoms with Gasteiger partial charge in [-0.2, -0.15) is 5.11 Å². The second-order valence-electron chi connectivity index (χ2n) is 1.79. The van der Waals surface area contributed by atoms with Crippen LogP contribution >= 0.6 is 0 Å². The van der Waals surface area contributed by atoms with E-state index in [9.17, 15) is 0 Å². The van der Waals surface area contributed by atoms with E-state index in [1.807, 2.05) is 13.8 Å². The topological polar surface area (TPSA) is 56.4 Å². The first-order valence-electron chi connectivity index (χ1n) is 2.23. The van der Waals surface area contributed by atoms with Gasteiger partial charge in [-0.1, -0.05) is 13.8 Å². The molecule has 0 aliphatic rings. The van der Waals surface area contributed by atoms with E-state index in [0.717, 1.165) is 0 Å². The van der Waals surface area contributed by atoms with Gasteiger partial charge in [-0.15, -0.1) is 0 Å². The lowest BCUT2D eigenvalue weighted by Gasteiger charge is -2.03. The summed E-state index contributed by atoms with van der Waals surface area (Å²) in [6.07, 6.45) is -0.806. The molecule has 7 heavy (non-hydrogen) atoms. The van der Waals surface area contributed by atoms with Crippen LogP contribution in [0.25, 0.3) is 0 Å². The van der Waals surface area contributed by atoms with Crippen LogP contribution < -0.4 is 0 Å². The lowest BCUT2D eigenvalue weighted by atomic mass is 10.2. The van der Waals surface area contributed by atoms with Crippen molar-refractivity contribution in [1.82, 2.24) is 0 Å². The van der Waals surface area contributed by atoms with E-state index < -0.39 is 6.23 Å². The molecule has 42 valence electrons. The molecule has 0 aromatic heterocycles. The van der Waals surface area contributed by atoms with Crippen molar-refractivity contribution < 1.29 is 5.11 Å². The molecule has 0 saturated carbocycles. The molecule has 0 rings (SSSR count). The number of aliphatic hydroxyl groups excluding tert-OH is 1. The van der Waals surface area contributed by atoms with Crippen molar-refractivity contribution in [3.05, 3.63) is 0 Å². The summed E-state index contributed by atoms with van der Waals surface area (Å²) < 4.78 is 0. The fourth-order valence-electron chi connectivity index (χ4n) is 0.149. The Morgan fingerprint density at radius 3 is 2.00 bits per heavy atom. The number of nitrogens with one attached hydrogen (secondary N) is 1. The maximum absolute atomic E-state index is 8.58. The molecule has 0 bridgehead atoms. The molecule has 3 heteroatoms. The second-order valence-corrected chi connectivity index (χ2v) is 1.79. The SMILES string of the molecule is CC(C)C(O)N=N. The third kappa shape index (κ3) is 2.28. The van der Waals surface area contributed by atoms with Gasteiger partial charge in [0.25, 0.3) is 0 Å². The van der Waals surface area contributed by atoms with Crippen LogP contribution in [0.4, 0.5) is 0 Å². The summed E-state index contributed by atoms with van der Waals surface area (Å²) in [6, 6.07) is 0. The number of nitrogens with zero attached hydrogens (tertiary/aromatic N) is 1. The molecular formula is C4H10N2O. The molecular weight excluding hydrogens is 92.1 g/mol. The van der Waals surface area contributed by atoms with Crippen LogP contribution in [0.1, 0.15) is 13.8 Å². The van der Waals surface area contributed by atoms with Crippen LogP contribution in [-0.4, -0.2) is 11.3 Å². The van der Waals surface area contributed by atoms with Gasteiger partial charge in [0, 0.05) is 5.92 Å². The third-order valence-corrected chi connectivity index (χ3v) is 0.729. The van der Waals surface area contributed by atoms with Gasteiger partial charge >= 0.3 is 0 Å². The van der Waals surface area contributed by atoms with Crippen molar-refractivity contribution in [3.8, 4) is 0 Å². The van der Waals surface area contributed by atoms with Gasteiger partial charge in [-0.25, -0.2) is 5.53 Å². The van der Waals surface area contributed by atoms with E-state index in [2.05, 4.69) is 5.11 Å². The summed E-state index contributed by atoms with van der Waals surface area (Å²) in [5.74, 6) is 0.0671.